The first kappa shape index (κ1) is 28.5. The van der Waals surface area contributed by atoms with Crippen LogP contribution in [0.4, 0.5) is 43.9 Å². The number of fused-ring (bicyclic) bond motifs is 8. The summed E-state index contributed by atoms with van der Waals surface area (Å²) in [5, 5.41) is 0.0886. The van der Waals surface area contributed by atoms with Crippen molar-refractivity contribution in [2.45, 2.75) is 30.6 Å². The van der Waals surface area contributed by atoms with Crippen LogP contribution in [0.2, 0.25) is 0 Å². The van der Waals surface area contributed by atoms with E-state index in [1.807, 2.05) is 0 Å². The lowest BCUT2D eigenvalue weighted by atomic mass is 9.91. The third-order valence-corrected chi connectivity index (χ3v) is 8.58. The van der Waals surface area contributed by atoms with Crippen LogP contribution in [-0.4, -0.2) is 32.8 Å². The van der Waals surface area contributed by atoms with Gasteiger partial charge in [0, 0.05) is 32.3 Å². The molecule has 2 unspecified atom stereocenters. The molecule has 6 aromatic rings. The van der Waals surface area contributed by atoms with Crippen molar-refractivity contribution in [3.05, 3.63) is 97.0 Å². The number of alkyl halides is 10. The van der Waals surface area contributed by atoms with Crippen molar-refractivity contribution in [3.63, 3.8) is 0 Å². The summed E-state index contributed by atoms with van der Waals surface area (Å²) < 4.78 is 139. The number of aromatic nitrogens is 3. The van der Waals surface area contributed by atoms with Gasteiger partial charge in [-0.05, 0) is 54.1 Å². The molecular weight excluding hydrogens is 638 g/mol. The Labute approximate surface area is 246 Å². The van der Waals surface area contributed by atoms with E-state index in [1.165, 1.54) is 24.3 Å². The number of pyridine rings is 2. The average Bonchev–Trinajstić information content (AvgIpc) is 3.56. The number of benzene rings is 3. The van der Waals surface area contributed by atoms with Gasteiger partial charge in [0.25, 0.3) is 11.1 Å². The average molecular weight is 650 g/mol. The van der Waals surface area contributed by atoms with Gasteiger partial charge in [-0.2, -0.15) is 39.5 Å². The largest absolute Gasteiger partial charge is 0.418 e. The second-order valence-electron chi connectivity index (χ2n) is 11.1. The van der Waals surface area contributed by atoms with E-state index in [9.17, 15) is 53.5 Å². The molecule has 6 nitrogen and oxygen atoms in total. The molecule has 2 aliphatic rings. The Morgan fingerprint density at radius 3 is 2.02 bits per heavy atom. The molecule has 8 rings (SSSR count). The Hall–Kier alpha value is -5.02. The number of allylic oxidation sites excluding steroid dienone is 2. The Morgan fingerprint density at radius 1 is 0.761 bits per heavy atom. The van der Waals surface area contributed by atoms with E-state index < -0.39 is 81.8 Å². The van der Waals surface area contributed by atoms with Gasteiger partial charge in [-0.15, -0.1) is 0 Å². The summed E-state index contributed by atoms with van der Waals surface area (Å²) in [6.07, 6.45) is -13.9. The minimum atomic E-state index is -5.27. The molecule has 1 aliphatic heterocycles. The van der Waals surface area contributed by atoms with Gasteiger partial charge in [-0.25, -0.2) is 9.37 Å². The Kier molecular flexibility index (Phi) is 5.33. The standard InChI is InChI=1S/C30H12F10N4O2/c31-9-10-5-11(28(32,33)34)7-18-22(10)41-24-13-1-3-16-21-14(2-4-15(20(13)21)26(45)43(18)24)25-42-23-17(30(38,39)40)6-12(29(35,36)37)8-19(23)44(25)27(16)46/h1-8,18,22H,9H2. The molecule has 0 saturated heterocycles. The first-order valence-electron chi connectivity index (χ1n) is 13.3. The fourth-order valence-corrected chi connectivity index (χ4v) is 6.68. The molecule has 46 heavy (non-hydrogen) atoms. The summed E-state index contributed by atoms with van der Waals surface area (Å²) in [6.45, 7) is -1.28. The van der Waals surface area contributed by atoms with Crippen LogP contribution < -0.4 is 16.6 Å². The van der Waals surface area contributed by atoms with Crippen LogP contribution in [-0.2, 0) is 12.4 Å². The van der Waals surface area contributed by atoms with Gasteiger partial charge in [-0.1, -0.05) is 0 Å². The summed E-state index contributed by atoms with van der Waals surface area (Å²) in [7, 11) is 0. The summed E-state index contributed by atoms with van der Waals surface area (Å²) >= 11 is 0. The van der Waals surface area contributed by atoms with Crippen molar-refractivity contribution in [1.82, 2.24) is 14.0 Å². The Bertz CT molecular complexity index is 2590. The molecule has 0 fully saturated rings. The van der Waals surface area contributed by atoms with Crippen LogP contribution in [0.3, 0.4) is 0 Å². The van der Waals surface area contributed by atoms with Gasteiger partial charge in [0.05, 0.1) is 28.3 Å². The molecule has 1 aliphatic carbocycles. The Balaban J connectivity index is 1.51. The lowest BCUT2D eigenvalue weighted by Gasteiger charge is -2.25. The number of halogens is 10. The molecule has 234 valence electrons. The number of rotatable bonds is 1. The number of hydrogen-bond donors (Lipinski definition) is 0. The maximum atomic E-state index is 14.0. The van der Waals surface area contributed by atoms with Crippen molar-refractivity contribution in [3.8, 4) is 0 Å². The highest BCUT2D eigenvalue weighted by Crippen LogP contribution is 2.43. The zero-order valence-corrected chi connectivity index (χ0v) is 22.4. The summed E-state index contributed by atoms with van der Waals surface area (Å²) in [5.74, 6) is 0. The van der Waals surface area contributed by atoms with Gasteiger partial charge in [0.2, 0.25) is 0 Å². The van der Waals surface area contributed by atoms with Crippen molar-refractivity contribution in [1.29, 1.82) is 0 Å². The molecule has 0 radical (unpaired) electrons. The van der Waals surface area contributed by atoms with Crippen LogP contribution in [0.15, 0.2) is 74.3 Å². The zero-order chi connectivity index (χ0) is 32.8. The van der Waals surface area contributed by atoms with Crippen molar-refractivity contribution in [2.24, 2.45) is 4.99 Å². The molecule has 2 atom stereocenters. The molecule has 0 amide bonds. The fraction of sp³-hybridized carbons (Fsp3) is 0.200. The summed E-state index contributed by atoms with van der Waals surface area (Å²) in [5.41, 5.74) is -8.78. The molecule has 3 aromatic heterocycles. The number of nitrogens with zero attached hydrogens (tertiary/aromatic N) is 4. The quantitative estimate of drug-likeness (QED) is 0.149. The fourth-order valence-electron chi connectivity index (χ4n) is 6.68. The third kappa shape index (κ3) is 3.60. The van der Waals surface area contributed by atoms with Gasteiger partial charge in [-0.3, -0.25) is 23.5 Å². The molecule has 0 spiro atoms. The molecule has 0 saturated carbocycles. The molecule has 0 bridgehead atoms. The maximum Gasteiger partial charge on any atom is 0.418 e. The molecule has 4 heterocycles. The first-order chi connectivity index (χ1) is 21.5. The van der Waals surface area contributed by atoms with Gasteiger partial charge < -0.3 is 0 Å². The minimum absolute atomic E-state index is 0.0222. The summed E-state index contributed by atoms with van der Waals surface area (Å²) in [6, 6.07) is 2.89. The van der Waals surface area contributed by atoms with Crippen LogP contribution in [0.5, 0.6) is 0 Å². The smallest absolute Gasteiger partial charge is 0.283 e. The molecule has 0 N–H and O–H groups in total. The van der Waals surface area contributed by atoms with Crippen molar-refractivity contribution >= 4 is 49.0 Å². The van der Waals surface area contributed by atoms with Crippen LogP contribution in [0.1, 0.15) is 17.2 Å². The van der Waals surface area contributed by atoms with Gasteiger partial charge in [0.1, 0.15) is 29.4 Å². The monoisotopic (exact) mass is 650 g/mol. The second-order valence-corrected chi connectivity index (χ2v) is 11.1. The van der Waals surface area contributed by atoms with Crippen LogP contribution in [0, 0.1) is 0 Å². The highest BCUT2D eigenvalue weighted by Gasteiger charge is 2.43. The maximum absolute atomic E-state index is 14.0. The molecular formula is C30H12F10N4O2. The highest BCUT2D eigenvalue weighted by molar-refractivity contribution is 6.25. The SMILES string of the molecule is O=c1c2ccc3c4c(ccc(c5n1C1C=C(C(F)(F)F)C=C(CF)C1N=5)c24)c(=O)n1c2cc(C(F)(F)F)cc(C(F)(F)F)c2nc31. The van der Waals surface area contributed by atoms with Crippen molar-refractivity contribution in [2.75, 3.05) is 6.67 Å². The predicted octanol–water partition coefficient (Wildman–Crippen LogP) is 6.60. The normalized spacial score (nSPS) is 18.9. The van der Waals surface area contributed by atoms with E-state index in [2.05, 4.69) is 9.98 Å². The Morgan fingerprint density at radius 2 is 1.39 bits per heavy atom. The van der Waals surface area contributed by atoms with Crippen LogP contribution in [0.25, 0.3) is 49.0 Å². The molecule has 3 aromatic carbocycles. The van der Waals surface area contributed by atoms with E-state index in [4.69, 9.17) is 0 Å². The van der Waals surface area contributed by atoms with E-state index in [0.717, 1.165) is 10.6 Å². The first-order valence-corrected chi connectivity index (χ1v) is 13.3. The van der Waals surface area contributed by atoms with Gasteiger partial charge >= 0.3 is 18.5 Å². The second kappa shape index (κ2) is 8.61. The molecule has 16 heteroatoms. The predicted molar refractivity (Wildman–Crippen MR) is 145 cm³/mol. The number of imidazole rings is 1. The topological polar surface area (TPSA) is 68.7 Å². The van der Waals surface area contributed by atoms with Crippen molar-refractivity contribution < 1.29 is 43.9 Å². The lowest BCUT2D eigenvalue weighted by Crippen LogP contribution is -2.36. The van der Waals surface area contributed by atoms with Crippen LogP contribution >= 0.6 is 0 Å². The van der Waals surface area contributed by atoms with E-state index >= 15 is 0 Å². The minimum Gasteiger partial charge on any atom is -0.283 e. The highest BCUT2D eigenvalue weighted by atomic mass is 19.4. The van der Waals surface area contributed by atoms with E-state index in [-0.39, 0.29) is 49.4 Å². The van der Waals surface area contributed by atoms with E-state index in [1.54, 1.807) is 0 Å². The van der Waals surface area contributed by atoms with E-state index in [0.29, 0.717) is 16.5 Å². The summed E-state index contributed by atoms with van der Waals surface area (Å²) in [4.78, 5) is 36.1. The lowest BCUT2D eigenvalue weighted by molar-refractivity contribution is -0.142. The third-order valence-electron chi connectivity index (χ3n) is 8.58. The number of hydrogen-bond acceptors (Lipinski definition) is 4. The van der Waals surface area contributed by atoms with Gasteiger partial charge in [0.15, 0.2) is 0 Å². The zero-order valence-electron chi connectivity index (χ0n) is 22.4.